The molecule has 0 bridgehead atoms. The van der Waals surface area contributed by atoms with Gasteiger partial charge in [-0.2, -0.15) is 8.78 Å². The first kappa shape index (κ1) is 13.9. The van der Waals surface area contributed by atoms with E-state index in [9.17, 15) is 13.6 Å². The molecule has 104 valence electrons. The number of ketones is 1. The van der Waals surface area contributed by atoms with Crippen LogP contribution in [0.3, 0.4) is 0 Å². The van der Waals surface area contributed by atoms with Gasteiger partial charge in [0.2, 0.25) is 0 Å². The van der Waals surface area contributed by atoms with Crippen LogP contribution in [0.25, 0.3) is 0 Å². The van der Waals surface area contributed by atoms with E-state index >= 15 is 0 Å². The Balaban J connectivity index is 1.97. The van der Waals surface area contributed by atoms with Gasteiger partial charge in [-0.1, -0.05) is 12.1 Å². The summed E-state index contributed by atoms with van der Waals surface area (Å²) in [4.78, 5) is 12.0. The molecule has 0 radical (unpaired) electrons. The van der Waals surface area contributed by atoms with Gasteiger partial charge in [-0.05, 0) is 12.1 Å². The highest BCUT2D eigenvalue weighted by Gasteiger charge is 2.18. The molecule has 0 aromatic heterocycles. The van der Waals surface area contributed by atoms with Crippen LogP contribution in [-0.2, 0) is 4.74 Å². The predicted octanol–water partition coefficient (Wildman–Crippen LogP) is 1.85. The Morgan fingerprint density at radius 2 is 2.37 bits per heavy atom. The molecule has 0 aliphatic carbocycles. The summed E-state index contributed by atoms with van der Waals surface area (Å²) in [5, 5.41) is 3.17. The summed E-state index contributed by atoms with van der Waals surface area (Å²) in [6.45, 7) is -1.05. The van der Waals surface area contributed by atoms with E-state index in [1.807, 2.05) is 0 Å². The molecule has 0 amide bonds. The topological polar surface area (TPSA) is 47.6 Å². The lowest BCUT2D eigenvalue weighted by Gasteiger charge is -2.23. The lowest BCUT2D eigenvalue weighted by Crippen LogP contribution is -2.42. The fraction of sp³-hybridized carbons (Fsp3) is 0.462. The monoisotopic (exact) mass is 271 g/mol. The van der Waals surface area contributed by atoms with Gasteiger partial charge in [0.1, 0.15) is 5.75 Å². The Labute approximate surface area is 109 Å². The number of hydrogen-bond donors (Lipinski definition) is 1. The van der Waals surface area contributed by atoms with Gasteiger partial charge in [0.15, 0.2) is 5.78 Å². The third-order valence-electron chi connectivity index (χ3n) is 2.81. The number of rotatable bonds is 5. The van der Waals surface area contributed by atoms with Crippen LogP contribution in [0.5, 0.6) is 5.75 Å². The minimum absolute atomic E-state index is 0.00583. The van der Waals surface area contributed by atoms with Crippen molar-refractivity contribution in [3.63, 3.8) is 0 Å². The van der Waals surface area contributed by atoms with Crippen LogP contribution >= 0.6 is 0 Å². The molecule has 1 aromatic rings. The summed E-state index contributed by atoms with van der Waals surface area (Å²) in [5.41, 5.74) is 0.366. The van der Waals surface area contributed by atoms with Crippen LogP contribution in [0, 0.1) is 0 Å². The number of halogens is 2. The number of benzene rings is 1. The second kappa shape index (κ2) is 6.58. The number of alkyl halides is 2. The SMILES string of the molecule is O=C(CC1COCCN1)c1cccc(OC(F)F)c1. The summed E-state index contributed by atoms with van der Waals surface area (Å²) in [7, 11) is 0. The molecule has 1 aliphatic rings. The molecule has 2 rings (SSSR count). The van der Waals surface area contributed by atoms with E-state index in [1.165, 1.54) is 18.2 Å². The van der Waals surface area contributed by atoms with Crippen LogP contribution < -0.4 is 10.1 Å². The summed E-state index contributed by atoms with van der Waals surface area (Å²) in [6, 6.07) is 5.81. The second-order valence-electron chi connectivity index (χ2n) is 4.26. The van der Waals surface area contributed by atoms with Crippen LogP contribution in [0.15, 0.2) is 24.3 Å². The molecule has 1 fully saturated rings. The first-order valence-electron chi connectivity index (χ1n) is 6.04. The molecule has 0 spiro atoms. The number of morpholine rings is 1. The molecular weight excluding hydrogens is 256 g/mol. The van der Waals surface area contributed by atoms with E-state index in [0.717, 1.165) is 0 Å². The Kier molecular flexibility index (Phi) is 4.81. The number of Topliss-reactive ketones (excluding diaryl/α,β-unsaturated/α-hetero) is 1. The number of nitrogens with one attached hydrogen (secondary N) is 1. The van der Waals surface area contributed by atoms with Gasteiger partial charge in [-0.25, -0.2) is 0 Å². The smallest absolute Gasteiger partial charge is 0.387 e. The Morgan fingerprint density at radius 3 is 3.05 bits per heavy atom. The molecule has 1 aliphatic heterocycles. The van der Waals surface area contributed by atoms with Crippen molar-refractivity contribution in [3.8, 4) is 5.75 Å². The van der Waals surface area contributed by atoms with Crippen molar-refractivity contribution < 1.29 is 23.0 Å². The molecule has 1 N–H and O–H groups in total. The van der Waals surface area contributed by atoms with Gasteiger partial charge in [0.05, 0.1) is 13.2 Å². The van der Waals surface area contributed by atoms with Crippen molar-refractivity contribution >= 4 is 5.78 Å². The highest BCUT2D eigenvalue weighted by molar-refractivity contribution is 5.96. The van der Waals surface area contributed by atoms with Crippen molar-refractivity contribution in [2.45, 2.75) is 19.1 Å². The largest absolute Gasteiger partial charge is 0.435 e. The lowest BCUT2D eigenvalue weighted by molar-refractivity contribution is -0.0498. The van der Waals surface area contributed by atoms with E-state index < -0.39 is 6.61 Å². The van der Waals surface area contributed by atoms with E-state index in [0.29, 0.717) is 25.3 Å². The maximum Gasteiger partial charge on any atom is 0.387 e. The van der Waals surface area contributed by atoms with Crippen LogP contribution in [0.4, 0.5) is 8.78 Å². The maximum atomic E-state index is 12.1. The Morgan fingerprint density at radius 1 is 1.53 bits per heavy atom. The molecule has 19 heavy (non-hydrogen) atoms. The van der Waals surface area contributed by atoms with Crippen LogP contribution in [0.2, 0.25) is 0 Å². The van der Waals surface area contributed by atoms with E-state index in [-0.39, 0.29) is 24.0 Å². The average Bonchev–Trinajstić information content (AvgIpc) is 2.39. The van der Waals surface area contributed by atoms with Crippen LogP contribution in [0.1, 0.15) is 16.8 Å². The summed E-state index contributed by atoms with van der Waals surface area (Å²) < 4.78 is 33.7. The first-order valence-corrected chi connectivity index (χ1v) is 6.04. The lowest BCUT2D eigenvalue weighted by atomic mass is 10.0. The highest BCUT2D eigenvalue weighted by atomic mass is 19.3. The normalized spacial score (nSPS) is 19.4. The number of carbonyl (C=O) groups excluding carboxylic acids is 1. The Bertz CT molecular complexity index is 434. The van der Waals surface area contributed by atoms with Gasteiger partial charge in [0, 0.05) is 24.6 Å². The summed E-state index contributed by atoms with van der Waals surface area (Å²) >= 11 is 0. The predicted molar refractivity (Wildman–Crippen MR) is 64.6 cm³/mol. The molecule has 1 aromatic carbocycles. The molecule has 4 nitrogen and oxygen atoms in total. The minimum atomic E-state index is -2.89. The third kappa shape index (κ3) is 4.25. The molecule has 1 unspecified atom stereocenters. The molecule has 0 saturated carbocycles. The van der Waals surface area contributed by atoms with Crippen molar-refractivity contribution in [2.24, 2.45) is 0 Å². The van der Waals surface area contributed by atoms with Gasteiger partial charge in [-0.3, -0.25) is 4.79 Å². The molecule has 1 atom stereocenters. The minimum Gasteiger partial charge on any atom is -0.435 e. The van der Waals surface area contributed by atoms with Gasteiger partial charge in [0.25, 0.3) is 0 Å². The number of ether oxygens (including phenoxy) is 2. The van der Waals surface area contributed by atoms with Crippen molar-refractivity contribution in [1.29, 1.82) is 0 Å². The number of hydrogen-bond acceptors (Lipinski definition) is 4. The molecular formula is C13H15F2NO3. The highest BCUT2D eigenvalue weighted by Crippen LogP contribution is 2.17. The summed E-state index contributed by atoms with van der Waals surface area (Å²) in [5.74, 6) is -0.128. The second-order valence-corrected chi connectivity index (χ2v) is 4.26. The zero-order valence-corrected chi connectivity index (χ0v) is 10.3. The first-order chi connectivity index (χ1) is 9.15. The average molecular weight is 271 g/mol. The van der Waals surface area contributed by atoms with E-state index in [2.05, 4.69) is 10.1 Å². The zero-order chi connectivity index (χ0) is 13.7. The molecule has 6 heteroatoms. The van der Waals surface area contributed by atoms with Gasteiger partial charge >= 0.3 is 6.61 Å². The van der Waals surface area contributed by atoms with E-state index in [1.54, 1.807) is 6.07 Å². The molecule has 1 heterocycles. The van der Waals surface area contributed by atoms with E-state index in [4.69, 9.17) is 4.74 Å². The zero-order valence-electron chi connectivity index (χ0n) is 10.3. The van der Waals surface area contributed by atoms with Crippen molar-refractivity contribution in [1.82, 2.24) is 5.32 Å². The van der Waals surface area contributed by atoms with Crippen molar-refractivity contribution in [3.05, 3.63) is 29.8 Å². The fourth-order valence-electron chi connectivity index (χ4n) is 1.94. The standard InChI is InChI=1S/C13H15F2NO3/c14-13(15)19-11-3-1-2-9(6-11)12(17)7-10-8-18-5-4-16-10/h1-3,6,10,13,16H,4-5,7-8H2. The van der Waals surface area contributed by atoms with Gasteiger partial charge < -0.3 is 14.8 Å². The fourth-order valence-corrected chi connectivity index (χ4v) is 1.94. The summed E-state index contributed by atoms with van der Waals surface area (Å²) in [6.07, 6.45) is 0.276. The third-order valence-corrected chi connectivity index (χ3v) is 2.81. The number of carbonyl (C=O) groups is 1. The molecule has 1 saturated heterocycles. The Hall–Kier alpha value is -1.53. The maximum absolute atomic E-state index is 12.1. The quantitative estimate of drug-likeness (QED) is 0.830. The van der Waals surface area contributed by atoms with Crippen molar-refractivity contribution in [2.75, 3.05) is 19.8 Å². The van der Waals surface area contributed by atoms with Crippen LogP contribution in [-0.4, -0.2) is 38.2 Å². The van der Waals surface area contributed by atoms with Gasteiger partial charge in [-0.15, -0.1) is 0 Å².